The lowest BCUT2D eigenvalue weighted by Gasteiger charge is -2.23. The van der Waals surface area contributed by atoms with Crippen molar-refractivity contribution in [1.82, 2.24) is 16.2 Å². The first kappa shape index (κ1) is 16.7. The monoisotopic (exact) mass is 323 g/mol. The van der Waals surface area contributed by atoms with E-state index >= 15 is 0 Å². The van der Waals surface area contributed by atoms with Gasteiger partial charge in [-0.05, 0) is 31.9 Å². The van der Waals surface area contributed by atoms with Gasteiger partial charge < -0.3 is 5.32 Å². The molecule has 1 aliphatic rings. The molecule has 0 aromatic heterocycles. The van der Waals surface area contributed by atoms with Crippen LogP contribution < -0.4 is 16.2 Å². The molecule has 0 aliphatic carbocycles. The van der Waals surface area contributed by atoms with Crippen LogP contribution in [0.25, 0.3) is 0 Å². The zero-order valence-electron chi connectivity index (χ0n) is 14.5. The van der Waals surface area contributed by atoms with Crippen molar-refractivity contribution in [3.05, 3.63) is 70.8 Å². The standard InChI is InChI=1S/C20H25N3O/c1-13-6-4-8-16(10-13)12-18(24)21-20-19(15(3)22-23-20)17-9-5-7-14(2)11-17/h4-11,15,19-20,22-23H,12H2,1-3H3,(H,21,24). The van der Waals surface area contributed by atoms with Gasteiger partial charge in [0.05, 0.1) is 6.42 Å². The van der Waals surface area contributed by atoms with Gasteiger partial charge in [0.2, 0.25) is 5.91 Å². The molecule has 1 saturated heterocycles. The van der Waals surface area contributed by atoms with Crippen LogP contribution in [0, 0.1) is 13.8 Å². The molecule has 3 rings (SSSR count). The van der Waals surface area contributed by atoms with Crippen LogP contribution in [0.1, 0.15) is 35.1 Å². The van der Waals surface area contributed by atoms with E-state index in [-0.39, 0.29) is 24.0 Å². The zero-order chi connectivity index (χ0) is 17.1. The fourth-order valence-electron chi connectivity index (χ4n) is 3.41. The molecular weight excluding hydrogens is 298 g/mol. The minimum absolute atomic E-state index is 0.0339. The van der Waals surface area contributed by atoms with Gasteiger partial charge in [-0.15, -0.1) is 0 Å². The lowest BCUT2D eigenvalue weighted by atomic mass is 9.90. The molecule has 3 unspecified atom stereocenters. The maximum Gasteiger partial charge on any atom is 0.225 e. The molecule has 1 amide bonds. The number of carbonyl (C=O) groups excluding carboxylic acids is 1. The van der Waals surface area contributed by atoms with Crippen molar-refractivity contribution in [3.63, 3.8) is 0 Å². The normalized spacial score (nSPS) is 23.2. The molecule has 0 radical (unpaired) electrons. The number of hydrogen-bond donors (Lipinski definition) is 3. The third-order valence-electron chi connectivity index (χ3n) is 4.55. The maximum absolute atomic E-state index is 12.5. The van der Waals surface area contributed by atoms with E-state index in [9.17, 15) is 4.79 Å². The Kier molecular flexibility index (Phi) is 4.97. The molecule has 0 saturated carbocycles. The summed E-state index contributed by atoms with van der Waals surface area (Å²) in [6.07, 6.45) is 0.286. The number of rotatable bonds is 4. The molecule has 2 aromatic carbocycles. The summed E-state index contributed by atoms with van der Waals surface area (Å²) >= 11 is 0. The first-order valence-electron chi connectivity index (χ1n) is 8.45. The van der Waals surface area contributed by atoms with Crippen molar-refractivity contribution in [2.24, 2.45) is 0 Å². The highest BCUT2D eigenvalue weighted by Crippen LogP contribution is 2.26. The molecule has 2 aromatic rings. The largest absolute Gasteiger partial charge is 0.339 e. The molecule has 1 heterocycles. The van der Waals surface area contributed by atoms with Gasteiger partial charge in [-0.1, -0.05) is 59.7 Å². The number of nitrogens with one attached hydrogen (secondary N) is 3. The van der Waals surface area contributed by atoms with Gasteiger partial charge in [-0.2, -0.15) is 0 Å². The van der Waals surface area contributed by atoms with Gasteiger partial charge in [0, 0.05) is 12.0 Å². The Balaban J connectivity index is 1.70. The second-order valence-electron chi connectivity index (χ2n) is 6.73. The topological polar surface area (TPSA) is 53.2 Å². The maximum atomic E-state index is 12.5. The van der Waals surface area contributed by atoms with Crippen molar-refractivity contribution >= 4 is 5.91 Å². The SMILES string of the molecule is Cc1cccc(CC(=O)NC2NNC(C)C2c2cccc(C)c2)c1. The van der Waals surface area contributed by atoms with Crippen molar-refractivity contribution < 1.29 is 4.79 Å². The summed E-state index contributed by atoms with van der Waals surface area (Å²) in [6, 6.07) is 16.8. The molecule has 3 N–H and O–H groups in total. The van der Waals surface area contributed by atoms with Crippen molar-refractivity contribution in [1.29, 1.82) is 0 Å². The average molecular weight is 323 g/mol. The second kappa shape index (κ2) is 7.16. The lowest BCUT2D eigenvalue weighted by molar-refractivity contribution is -0.121. The van der Waals surface area contributed by atoms with E-state index in [1.807, 2.05) is 25.1 Å². The van der Waals surface area contributed by atoms with E-state index in [4.69, 9.17) is 0 Å². The van der Waals surface area contributed by atoms with Crippen molar-refractivity contribution in [2.75, 3.05) is 0 Å². The fraction of sp³-hybridized carbons (Fsp3) is 0.350. The van der Waals surface area contributed by atoms with Crippen molar-refractivity contribution in [2.45, 2.75) is 45.3 Å². The number of aryl methyl sites for hydroxylation is 2. The molecule has 126 valence electrons. The Bertz CT molecular complexity index is 728. The Morgan fingerprint density at radius 1 is 1.04 bits per heavy atom. The summed E-state index contributed by atoms with van der Waals surface area (Å²) in [5.41, 5.74) is 11.2. The smallest absolute Gasteiger partial charge is 0.225 e. The van der Waals surface area contributed by atoms with Crippen LogP contribution in [0.2, 0.25) is 0 Å². The van der Waals surface area contributed by atoms with Crippen LogP contribution in [0.4, 0.5) is 0 Å². The number of amides is 1. The average Bonchev–Trinajstić information content (AvgIpc) is 2.87. The molecule has 3 atom stereocenters. The molecular formula is C20H25N3O. The van der Waals surface area contributed by atoms with Gasteiger partial charge >= 0.3 is 0 Å². The third-order valence-corrected chi connectivity index (χ3v) is 4.55. The van der Waals surface area contributed by atoms with Gasteiger partial charge in [-0.3, -0.25) is 10.2 Å². The molecule has 1 fully saturated rings. The van der Waals surface area contributed by atoms with Crippen LogP contribution in [-0.2, 0) is 11.2 Å². The van der Waals surface area contributed by atoms with Crippen LogP contribution in [0.3, 0.4) is 0 Å². The number of benzene rings is 2. The summed E-state index contributed by atoms with van der Waals surface area (Å²) in [4.78, 5) is 12.5. The van der Waals surface area contributed by atoms with Crippen LogP contribution >= 0.6 is 0 Å². The predicted octanol–water partition coefficient (Wildman–Crippen LogP) is 2.57. The van der Waals surface area contributed by atoms with E-state index in [0.29, 0.717) is 6.42 Å². The summed E-state index contributed by atoms with van der Waals surface area (Å²) < 4.78 is 0. The third kappa shape index (κ3) is 3.83. The molecule has 4 heteroatoms. The van der Waals surface area contributed by atoms with E-state index < -0.39 is 0 Å². The zero-order valence-corrected chi connectivity index (χ0v) is 14.5. The van der Waals surface area contributed by atoms with Crippen LogP contribution in [0.15, 0.2) is 48.5 Å². The van der Waals surface area contributed by atoms with E-state index in [1.54, 1.807) is 0 Å². The number of carbonyl (C=O) groups is 1. The lowest BCUT2D eigenvalue weighted by Crippen LogP contribution is -2.46. The Morgan fingerprint density at radius 3 is 2.46 bits per heavy atom. The van der Waals surface area contributed by atoms with Gasteiger partial charge in [-0.25, -0.2) is 5.43 Å². The summed E-state index contributed by atoms with van der Waals surface area (Å²) in [5, 5.41) is 3.13. The fourth-order valence-corrected chi connectivity index (χ4v) is 3.41. The van der Waals surface area contributed by atoms with Crippen molar-refractivity contribution in [3.8, 4) is 0 Å². The first-order chi connectivity index (χ1) is 11.5. The predicted molar refractivity (Wildman–Crippen MR) is 96.5 cm³/mol. The molecule has 4 nitrogen and oxygen atoms in total. The second-order valence-corrected chi connectivity index (χ2v) is 6.73. The first-order valence-corrected chi connectivity index (χ1v) is 8.45. The summed E-state index contributed by atoms with van der Waals surface area (Å²) in [6.45, 7) is 6.27. The van der Waals surface area contributed by atoms with Gasteiger partial charge in [0.25, 0.3) is 0 Å². The number of hydrazine groups is 1. The Labute approximate surface area is 143 Å². The highest BCUT2D eigenvalue weighted by Gasteiger charge is 2.35. The van der Waals surface area contributed by atoms with E-state index in [1.165, 1.54) is 16.7 Å². The van der Waals surface area contributed by atoms with Crippen LogP contribution in [-0.4, -0.2) is 18.1 Å². The Hall–Kier alpha value is -2.17. The minimum Gasteiger partial charge on any atom is -0.339 e. The van der Waals surface area contributed by atoms with Gasteiger partial charge in [0.15, 0.2) is 0 Å². The Morgan fingerprint density at radius 2 is 1.75 bits per heavy atom. The highest BCUT2D eigenvalue weighted by atomic mass is 16.1. The van der Waals surface area contributed by atoms with Gasteiger partial charge in [0.1, 0.15) is 6.17 Å². The van der Waals surface area contributed by atoms with Crippen LogP contribution in [0.5, 0.6) is 0 Å². The highest BCUT2D eigenvalue weighted by molar-refractivity contribution is 5.79. The molecule has 1 aliphatic heterocycles. The molecule has 0 bridgehead atoms. The quantitative estimate of drug-likeness (QED) is 0.810. The van der Waals surface area contributed by atoms with E-state index in [2.05, 4.69) is 60.3 Å². The number of hydrogen-bond acceptors (Lipinski definition) is 3. The minimum atomic E-state index is -0.112. The van der Waals surface area contributed by atoms with E-state index in [0.717, 1.165) is 5.56 Å². The summed E-state index contributed by atoms with van der Waals surface area (Å²) in [5.74, 6) is 0.234. The molecule has 0 spiro atoms. The molecule has 24 heavy (non-hydrogen) atoms. The summed E-state index contributed by atoms with van der Waals surface area (Å²) in [7, 11) is 0.